The maximum atomic E-state index is 11.7. The molecule has 1 aromatic rings. The molecule has 0 radical (unpaired) electrons. The number of esters is 1. The molecule has 19 heavy (non-hydrogen) atoms. The summed E-state index contributed by atoms with van der Waals surface area (Å²) in [7, 11) is 0. The molecule has 0 aliphatic rings. The van der Waals surface area contributed by atoms with Gasteiger partial charge in [0.05, 0.1) is 17.7 Å². The van der Waals surface area contributed by atoms with Crippen molar-refractivity contribution < 1.29 is 14.6 Å². The first-order chi connectivity index (χ1) is 8.74. The summed E-state index contributed by atoms with van der Waals surface area (Å²) < 4.78 is 4.81. The molecule has 0 amide bonds. The quantitative estimate of drug-likeness (QED) is 0.646. The Kier molecular flexibility index (Phi) is 4.42. The van der Waals surface area contributed by atoms with Gasteiger partial charge in [-0.1, -0.05) is 0 Å². The lowest BCUT2D eigenvalue weighted by Crippen LogP contribution is -2.13. The highest BCUT2D eigenvalue weighted by molar-refractivity contribution is 5.95. The van der Waals surface area contributed by atoms with Gasteiger partial charge in [-0.05, 0) is 27.7 Å². The maximum absolute atomic E-state index is 11.7. The van der Waals surface area contributed by atoms with Gasteiger partial charge >= 0.3 is 5.97 Å². The minimum absolute atomic E-state index is 0.104. The van der Waals surface area contributed by atoms with Crippen LogP contribution in [0.25, 0.3) is 0 Å². The number of aromatic nitrogens is 1. The third-order valence-electron chi connectivity index (χ3n) is 1.94. The lowest BCUT2D eigenvalue weighted by Gasteiger charge is -2.10. The number of nitrogens with zero attached hydrogens (tertiary/aromatic N) is 2. The van der Waals surface area contributed by atoms with Crippen LogP contribution in [0.15, 0.2) is 21.1 Å². The largest absolute Gasteiger partial charge is 0.493 e. The van der Waals surface area contributed by atoms with E-state index in [0.717, 1.165) is 6.07 Å². The summed E-state index contributed by atoms with van der Waals surface area (Å²) in [6.07, 6.45) is 0. The average Bonchev–Trinajstić information content (AvgIpc) is 2.25. The summed E-state index contributed by atoms with van der Waals surface area (Å²) in [6.45, 7) is 7.22. The summed E-state index contributed by atoms with van der Waals surface area (Å²) in [5.41, 5.74) is -1.31. The van der Waals surface area contributed by atoms with Crippen LogP contribution in [0.5, 0.6) is 5.88 Å². The van der Waals surface area contributed by atoms with E-state index in [1.807, 2.05) is 20.8 Å². The van der Waals surface area contributed by atoms with E-state index in [1.165, 1.54) is 0 Å². The van der Waals surface area contributed by atoms with Gasteiger partial charge in [-0.25, -0.2) is 4.79 Å². The molecular formula is C12H17N3O4. The summed E-state index contributed by atoms with van der Waals surface area (Å²) in [4.78, 5) is 25.1. The summed E-state index contributed by atoms with van der Waals surface area (Å²) in [5.74, 6) is -1.24. The molecule has 0 atom stereocenters. The molecule has 0 aliphatic carbocycles. The first kappa shape index (κ1) is 14.9. The molecule has 0 aliphatic heterocycles. The monoisotopic (exact) mass is 267 g/mol. The second-order valence-electron chi connectivity index (χ2n) is 4.84. The number of carbonyl (C=O) groups excluding carboxylic acids is 1. The van der Waals surface area contributed by atoms with Crippen molar-refractivity contribution in [2.75, 3.05) is 6.61 Å². The van der Waals surface area contributed by atoms with Crippen LogP contribution < -0.4 is 5.56 Å². The third kappa shape index (κ3) is 4.20. The Morgan fingerprint density at radius 1 is 1.47 bits per heavy atom. The number of pyridine rings is 1. The fourth-order valence-electron chi connectivity index (χ4n) is 1.20. The highest BCUT2D eigenvalue weighted by Gasteiger charge is 2.19. The van der Waals surface area contributed by atoms with Gasteiger partial charge in [-0.3, -0.25) is 9.78 Å². The van der Waals surface area contributed by atoms with Crippen LogP contribution >= 0.6 is 0 Å². The van der Waals surface area contributed by atoms with E-state index in [9.17, 15) is 14.7 Å². The molecule has 0 fully saturated rings. The van der Waals surface area contributed by atoms with E-state index in [2.05, 4.69) is 15.2 Å². The highest BCUT2D eigenvalue weighted by Crippen LogP contribution is 2.29. The molecule has 1 heterocycles. The number of aromatic hydroxyl groups is 1. The number of azo groups is 1. The van der Waals surface area contributed by atoms with Crippen molar-refractivity contribution in [3.63, 3.8) is 0 Å². The molecular weight excluding hydrogens is 250 g/mol. The van der Waals surface area contributed by atoms with Crippen molar-refractivity contribution in [2.45, 2.75) is 33.2 Å². The van der Waals surface area contributed by atoms with Crippen LogP contribution in [0, 0.1) is 0 Å². The van der Waals surface area contributed by atoms with Gasteiger partial charge < -0.3 is 9.84 Å². The van der Waals surface area contributed by atoms with Crippen LogP contribution in [0.4, 0.5) is 5.69 Å². The molecule has 1 rings (SSSR count). The molecule has 1 aromatic heterocycles. The fraction of sp³-hybridized carbons (Fsp3) is 0.500. The number of hydrogen-bond acceptors (Lipinski definition) is 6. The average molecular weight is 267 g/mol. The van der Waals surface area contributed by atoms with Crippen molar-refractivity contribution in [1.82, 2.24) is 4.98 Å². The lowest BCUT2D eigenvalue weighted by molar-refractivity contribution is 0.0526. The normalized spacial score (nSPS) is 11.8. The Labute approximate surface area is 110 Å². The molecule has 0 bridgehead atoms. The molecule has 0 saturated heterocycles. The molecule has 0 spiro atoms. The SMILES string of the molecule is CCOC(=O)c1cc(=O)[nH]c(O)c1N=NC(C)(C)C. The number of rotatable bonds is 3. The molecule has 7 heteroatoms. The van der Waals surface area contributed by atoms with E-state index in [0.29, 0.717) is 0 Å². The summed E-state index contributed by atoms with van der Waals surface area (Å²) in [6, 6.07) is 1.02. The van der Waals surface area contributed by atoms with Crippen LogP contribution in [-0.4, -0.2) is 28.2 Å². The molecule has 2 N–H and O–H groups in total. The first-order valence-electron chi connectivity index (χ1n) is 5.81. The minimum atomic E-state index is -0.730. The van der Waals surface area contributed by atoms with Gasteiger partial charge in [0, 0.05) is 6.07 Å². The van der Waals surface area contributed by atoms with Gasteiger partial charge in [0.1, 0.15) is 0 Å². The third-order valence-corrected chi connectivity index (χ3v) is 1.94. The zero-order valence-electron chi connectivity index (χ0n) is 11.4. The fourth-order valence-corrected chi connectivity index (χ4v) is 1.20. The Bertz CT molecular complexity index is 555. The predicted molar refractivity (Wildman–Crippen MR) is 69.0 cm³/mol. The topological polar surface area (TPSA) is 104 Å². The Morgan fingerprint density at radius 3 is 2.63 bits per heavy atom. The summed E-state index contributed by atoms with van der Waals surface area (Å²) >= 11 is 0. The smallest absolute Gasteiger partial charge is 0.340 e. The first-order valence-corrected chi connectivity index (χ1v) is 5.81. The van der Waals surface area contributed by atoms with Crippen LogP contribution in [0.1, 0.15) is 38.1 Å². The molecule has 0 aromatic carbocycles. The number of nitrogens with one attached hydrogen (secondary N) is 1. The number of H-pyrrole nitrogens is 1. The number of hydrogen-bond donors (Lipinski definition) is 2. The van der Waals surface area contributed by atoms with Gasteiger partial charge in [0.15, 0.2) is 5.69 Å². The maximum Gasteiger partial charge on any atom is 0.340 e. The Hall–Kier alpha value is -2.18. The van der Waals surface area contributed by atoms with Gasteiger partial charge in [0.25, 0.3) is 5.56 Å². The van der Waals surface area contributed by atoms with Crippen molar-refractivity contribution in [3.05, 3.63) is 22.0 Å². The van der Waals surface area contributed by atoms with E-state index in [1.54, 1.807) is 6.92 Å². The van der Waals surface area contributed by atoms with Crippen molar-refractivity contribution >= 4 is 11.7 Å². The molecule has 0 unspecified atom stereocenters. The highest BCUT2D eigenvalue weighted by atomic mass is 16.5. The Morgan fingerprint density at radius 2 is 2.11 bits per heavy atom. The second-order valence-corrected chi connectivity index (χ2v) is 4.84. The van der Waals surface area contributed by atoms with Gasteiger partial charge in [-0.2, -0.15) is 5.11 Å². The zero-order chi connectivity index (χ0) is 14.6. The zero-order valence-corrected chi connectivity index (χ0v) is 11.4. The number of carbonyl (C=O) groups is 1. The predicted octanol–water partition coefficient (Wildman–Crippen LogP) is 2.14. The summed E-state index contributed by atoms with van der Waals surface area (Å²) in [5, 5.41) is 17.5. The number of ether oxygens (including phenoxy) is 1. The van der Waals surface area contributed by atoms with Crippen LogP contribution in [0.3, 0.4) is 0 Å². The van der Waals surface area contributed by atoms with Crippen molar-refractivity contribution in [1.29, 1.82) is 0 Å². The molecule has 0 saturated carbocycles. The van der Waals surface area contributed by atoms with Gasteiger partial charge in [-0.15, -0.1) is 5.11 Å². The molecule has 104 valence electrons. The lowest BCUT2D eigenvalue weighted by atomic mass is 10.1. The van der Waals surface area contributed by atoms with E-state index < -0.39 is 22.9 Å². The standard InChI is InChI=1S/C12H17N3O4/c1-5-19-11(18)7-6-8(16)13-10(17)9(7)14-15-12(2,3)4/h6H,5H2,1-4H3,(H2,13,16,17). The number of aromatic amines is 1. The Balaban J connectivity index is 3.32. The minimum Gasteiger partial charge on any atom is -0.493 e. The van der Waals surface area contributed by atoms with E-state index >= 15 is 0 Å². The van der Waals surface area contributed by atoms with Gasteiger partial charge in [0.2, 0.25) is 5.88 Å². The van der Waals surface area contributed by atoms with Crippen molar-refractivity contribution in [2.24, 2.45) is 10.2 Å². The van der Waals surface area contributed by atoms with Crippen LogP contribution in [0.2, 0.25) is 0 Å². The van der Waals surface area contributed by atoms with Crippen LogP contribution in [-0.2, 0) is 4.74 Å². The second kappa shape index (κ2) is 5.64. The molecule has 7 nitrogen and oxygen atoms in total. The van der Waals surface area contributed by atoms with Crippen molar-refractivity contribution in [3.8, 4) is 5.88 Å². The van der Waals surface area contributed by atoms with E-state index in [4.69, 9.17) is 4.74 Å². The van der Waals surface area contributed by atoms with E-state index in [-0.39, 0.29) is 17.9 Å².